The average Bonchev–Trinajstić information content (AvgIpc) is 3.08. The van der Waals surface area contributed by atoms with E-state index in [1.54, 1.807) is 0 Å². The molecule has 3 heterocycles. The molecule has 0 aromatic rings. The lowest BCUT2D eigenvalue weighted by Gasteiger charge is -2.51. The van der Waals surface area contributed by atoms with E-state index in [0.29, 0.717) is 0 Å². The Balaban J connectivity index is 2.17. The van der Waals surface area contributed by atoms with Crippen molar-refractivity contribution < 1.29 is 112 Å². The molecule has 9 N–H and O–H groups in total. The fraction of sp³-hybridized carbons (Fsp3) is 0.806. The number of amides is 1. The van der Waals surface area contributed by atoms with E-state index in [-0.39, 0.29) is 0 Å². The lowest BCUT2D eigenvalue weighted by molar-refractivity contribution is -0.385. The van der Waals surface area contributed by atoms with E-state index in [1.165, 1.54) is 0 Å². The van der Waals surface area contributed by atoms with Crippen LogP contribution < -0.4 is 5.32 Å². The highest BCUT2D eigenvalue weighted by atomic mass is 16.8. The molecule has 0 radical (unpaired) electrons. The van der Waals surface area contributed by atoms with Crippen molar-refractivity contribution in [3.8, 4) is 0 Å². The number of aliphatic hydroxyl groups is 7. The summed E-state index contributed by atoms with van der Waals surface area (Å²) in [5.41, 5.74) is 0. The molecule has 24 nitrogen and oxygen atoms in total. The third kappa shape index (κ3) is 11.2. The number of nitrogens with one attached hydrogen (secondary N) is 1. The van der Waals surface area contributed by atoms with E-state index >= 15 is 0 Å². The van der Waals surface area contributed by atoms with Crippen molar-refractivity contribution in [2.75, 3.05) is 19.8 Å². The van der Waals surface area contributed by atoms with Gasteiger partial charge in [0, 0.05) is 34.6 Å². The van der Waals surface area contributed by atoms with Crippen molar-refractivity contribution in [3.63, 3.8) is 0 Å². The van der Waals surface area contributed by atoms with Crippen LogP contribution >= 0.6 is 0 Å². The molecule has 1 unspecified atom stereocenters. The van der Waals surface area contributed by atoms with Gasteiger partial charge in [-0.15, -0.1) is 0 Å². The van der Waals surface area contributed by atoms with Crippen LogP contribution in [-0.2, 0) is 71.4 Å². The first-order valence-electron chi connectivity index (χ1n) is 16.8. The number of ether oxygens (including phenoxy) is 9. The van der Waals surface area contributed by atoms with Gasteiger partial charge in [0.1, 0.15) is 67.6 Å². The summed E-state index contributed by atoms with van der Waals surface area (Å²) in [5, 5.41) is 86.1. The molecule has 314 valence electrons. The molecule has 24 heteroatoms. The minimum atomic E-state index is -3.18. The minimum Gasteiger partial charge on any atom is -0.477 e. The van der Waals surface area contributed by atoms with Crippen molar-refractivity contribution in [1.29, 1.82) is 0 Å². The summed E-state index contributed by atoms with van der Waals surface area (Å²) >= 11 is 0. The fourth-order valence-corrected chi connectivity index (χ4v) is 6.29. The molecule has 3 aliphatic heterocycles. The summed E-state index contributed by atoms with van der Waals surface area (Å²) in [6.45, 7) is 1.96. The second kappa shape index (κ2) is 19.5. The molecule has 16 atom stereocenters. The number of carbonyl (C=O) groups is 6. The number of carboxylic acid groups (broad SMARTS) is 1. The Bertz CT molecular complexity index is 1380. The third-order valence-electron chi connectivity index (χ3n) is 8.60. The number of carboxylic acids is 1. The molecule has 0 aromatic heterocycles. The van der Waals surface area contributed by atoms with E-state index in [0.717, 1.165) is 34.6 Å². The predicted octanol–water partition coefficient (Wildman–Crippen LogP) is -5.94. The summed E-state index contributed by atoms with van der Waals surface area (Å²) in [7, 11) is 0. The van der Waals surface area contributed by atoms with Gasteiger partial charge in [0.2, 0.25) is 5.91 Å². The van der Waals surface area contributed by atoms with Gasteiger partial charge in [-0.2, -0.15) is 0 Å². The Kier molecular flexibility index (Phi) is 16.2. The van der Waals surface area contributed by atoms with Gasteiger partial charge in [-0.1, -0.05) is 0 Å². The first-order valence-corrected chi connectivity index (χ1v) is 16.8. The summed E-state index contributed by atoms with van der Waals surface area (Å²) < 4.78 is 48.9. The second-order valence-electron chi connectivity index (χ2n) is 12.9. The Morgan fingerprint density at radius 1 is 0.764 bits per heavy atom. The van der Waals surface area contributed by atoms with Crippen LogP contribution in [0.25, 0.3) is 0 Å². The summed E-state index contributed by atoms with van der Waals surface area (Å²) in [5.74, 6) is -10.1. The van der Waals surface area contributed by atoms with Crippen molar-refractivity contribution in [1.82, 2.24) is 5.32 Å². The molecule has 55 heavy (non-hydrogen) atoms. The molecule has 3 aliphatic rings. The zero-order valence-corrected chi connectivity index (χ0v) is 30.2. The molecular weight excluding hydrogens is 754 g/mol. The smallest absolute Gasteiger partial charge is 0.364 e. The highest BCUT2D eigenvalue weighted by Gasteiger charge is 2.62. The quantitative estimate of drug-likeness (QED) is 0.0550. The topological polar surface area (TPSA) is 359 Å². The molecular formula is C31H47NO23. The first kappa shape index (κ1) is 45.7. The summed E-state index contributed by atoms with van der Waals surface area (Å²) in [6.07, 6.45) is -28.4. The van der Waals surface area contributed by atoms with Crippen LogP contribution in [0.3, 0.4) is 0 Å². The highest BCUT2D eigenvalue weighted by Crippen LogP contribution is 2.40. The largest absolute Gasteiger partial charge is 0.477 e. The molecule has 1 amide bonds. The van der Waals surface area contributed by atoms with Crippen molar-refractivity contribution in [2.45, 2.75) is 139 Å². The van der Waals surface area contributed by atoms with E-state index in [1.807, 2.05) is 0 Å². The predicted molar refractivity (Wildman–Crippen MR) is 168 cm³/mol. The fourth-order valence-electron chi connectivity index (χ4n) is 6.29. The Labute approximate surface area is 312 Å². The minimum absolute atomic E-state index is 0.821. The average molecular weight is 802 g/mol. The van der Waals surface area contributed by atoms with Crippen LogP contribution in [0.5, 0.6) is 0 Å². The van der Waals surface area contributed by atoms with E-state index in [9.17, 15) is 69.6 Å². The third-order valence-corrected chi connectivity index (χ3v) is 8.60. The molecule has 0 aromatic carbocycles. The molecule has 3 saturated heterocycles. The summed E-state index contributed by atoms with van der Waals surface area (Å²) in [6, 6.07) is -1.65. The SMILES string of the molecule is CC(=O)N[C@H]1[C@H]([C@H](OC(C)=O)[C@@H](COC(C)=O)OC(C)=O)O[C@](O[C@H]2[C@@H](O)[C@@H](CO)O[C@@H](O[C@H]3[C@H](O)[C@@H](O)C(O)O[C@@H]3CO)[C@@H]2O)(C(=O)O)C[C@@H]1OC(C)=O. The molecule has 3 rings (SSSR count). The van der Waals surface area contributed by atoms with Gasteiger partial charge in [0.05, 0.1) is 25.7 Å². The van der Waals surface area contributed by atoms with Crippen LogP contribution in [0.4, 0.5) is 0 Å². The molecule has 0 aliphatic carbocycles. The Hall–Kier alpha value is -3.66. The van der Waals surface area contributed by atoms with Gasteiger partial charge in [0.15, 0.2) is 24.8 Å². The van der Waals surface area contributed by atoms with Gasteiger partial charge in [0.25, 0.3) is 5.79 Å². The van der Waals surface area contributed by atoms with Crippen LogP contribution in [-0.4, -0.2) is 194 Å². The van der Waals surface area contributed by atoms with Crippen LogP contribution in [0.1, 0.15) is 41.0 Å². The number of hydrogen-bond donors (Lipinski definition) is 9. The number of esters is 4. The maximum Gasteiger partial charge on any atom is 0.364 e. The number of carbonyl (C=O) groups excluding carboxylic acids is 5. The molecule has 3 fully saturated rings. The molecule has 0 spiro atoms. The zero-order valence-electron chi connectivity index (χ0n) is 30.2. The van der Waals surface area contributed by atoms with Gasteiger partial charge < -0.3 is 88.8 Å². The van der Waals surface area contributed by atoms with Gasteiger partial charge in [-0.25, -0.2) is 4.79 Å². The Morgan fingerprint density at radius 2 is 1.38 bits per heavy atom. The molecule has 0 bridgehead atoms. The monoisotopic (exact) mass is 801 g/mol. The maximum atomic E-state index is 13.3. The number of aliphatic carboxylic acids is 1. The van der Waals surface area contributed by atoms with Crippen molar-refractivity contribution >= 4 is 35.8 Å². The Morgan fingerprint density at radius 3 is 1.89 bits per heavy atom. The number of rotatable bonds is 15. The summed E-state index contributed by atoms with van der Waals surface area (Å²) in [4.78, 5) is 74.5. The standard InChI is InChI=1S/C31H47NO23/c1-10(35)32-19-15(48-12(3)37)6-31(30(45)46,54-26(19)25(50-14(5)39)18(49-13(4)38)9-47-11(2)36)55-27-20(40)16(7-33)52-29(23(27)43)53-24-17(8-34)51-28(44)22(42)21(24)41/h15-29,33-34,40-44H,6-9H2,1-5H3,(H,32,35)(H,45,46)/t15-,16+,17+,18+,19+,20-,21+,22+,23+,24+,25+,26+,27-,28?,29-,31+/m0/s1. The van der Waals surface area contributed by atoms with Crippen LogP contribution in [0.15, 0.2) is 0 Å². The van der Waals surface area contributed by atoms with Crippen LogP contribution in [0, 0.1) is 0 Å². The number of hydrogen-bond acceptors (Lipinski definition) is 22. The van der Waals surface area contributed by atoms with Gasteiger partial charge >= 0.3 is 29.8 Å². The van der Waals surface area contributed by atoms with E-state index in [2.05, 4.69) is 5.32 Å². The van der Waals surface area contributed by atoms with Gasteiger partial charge in [-0.3, -0.25) is 24.0 Å². The normalized spacial score (nSPS) is 37.4. The lowest BCUT2D eigenvalue weighted by atomic mass is 9.87. The van der Waals surface area contributed by atoms with E-state index in [4.69, 9.17) is 42.6 Å². The first-order chi connectivity index (χ1) is 25.7. The maximum absolute atomic E-state index is 13.3. The lowest BCUT2D eigenvalue weighted by Crippen LogP contribution is -2.71. The zero-order chi connectivity index (χ0) is 41.5. The highest BCUT2D eigenvalue weighted by molar-refractivity contribution is 5.77. The second-order valence-corrected chi connectivity index (χ2v) is 12.9. The van der Waals surface area contributed by atoms with Crippen LogP contribution in [0.2, 0.25) is 0 Å². The van der Waals surface area contributed by atoms with E-state index < -0.39 is 160 Å². The van der Waals surface area contributed by atoms with Crippen molar-refractivity contribution in [3.05, 3.63) is 0 Å². The van der Waals surface area contributed by atoms with Crippen molar-refractivity contribution in [2.24, 2.45) is 0 Å². The molecule has 0 saturated carbocycles. The van der Waals surface area contributed by atoms with Gasteiger partial charge in [-0.05, 0) is 0 Å². The number of aliphatic hydroxyl groups excluding tert-OH is 7.